The van der Waals surface area contributed by atoms with Gasteiger partial charge in [-0.2, -0.15) is 4.31 Å². The summed E-state index contributed by atoms with van der Waals surface area (Å²) < 4.78 is 40.5. The number of fused-ring (bicyclic) bond motifs is 1. The second-order valence-corrected chi connectivity index (χ2v) is 13.0. The SMILES string of the molecule is Cc1ccc(S(=O)(=O)N(CC(=O)N2CCc3sccc3C2COc2ccc(Cl)cc2)CC2CCCO2)cc1. The third kappa shape index (κ3) is 6.07. The molecule has 0 bridgehead atoms. The van der Waals surface area contributed by atoms with Gasteiger partial charge >= 0.3 is 0 Å². The number of rotatable bonds is 9. The predicted molar refractivity (Wildman–Crippen MR) is 148 cm³/mol. The van der Waals surface area contributed by atoms with Gasteiger partial charge in [-0.1, -0.05) is 29.3 Å². The maximum Gasteiger partial charge on any atom is 0.243 e. The van der Waals surface area contributed by atoms with Gasteiger partial charge in [0.1, 0.15) is 12.4 Å². The number of aryl methyl sites for hydroxylation is 1. The maximum absolute atomic E-state index is 13.8. The first kappa shape index (κ1) is 27.1. The van der Waals surface area contributed by atoms with E-state index in [1.807, 2.05) is 18.4 Å². The van der Waals surface area contributed by atoms with E-state index in [-0.39, 0.29) is 42.6 Å². The van der Waals surface area contributed by atoms with Gasteiger partial charge in [0.2, 0.25) is 15.9 Å². The van der Waals surface area contributed by atoms with Crippen molar-refractivity contribution in [3.63, 3.8) is 0 Å². The molecule has 1 aromatic heterocycles. The average Bonchev–Trinajstić information content (AvgIpc) is 3.60. The molecule has 2 aliphatic rings. The molecule has 1 amide bonds. The molecule has 38 heavy (non-hydrogen) atoms. The van der Waals surface area contributed by atoms with Crippen LogP contribution in [0.25, 0.3) is 0 Å². The zero-order chi connectivity index (χ0) is 26.7. The van der Waals surface area contributed by atoms with Gasteiger partial charge < -0.3 is 14.4 Å². The molecule has 2 aliphatic heterocycles. The van der Waals surface area contributed by atoms with Gasteiger partial charge in [-0.3, -0.25) is 4.79 Å². The summed E-state index contributed by atoms with van der Waals surface area (Å²) in [5.41, 5.74) is 2.02. The van der Waals surface area contributed by atoms with E-state index in [0.717, 1.165) is 30.4 Å². The van der Waals surface area contributed by atoms with Crippen molar-refractivity contribution in [3.05, 3.63) is 81.0 Å². The maximum atomic E-state index is 13.8. The molecule has 7 nitrogen and oxygen atoms in total. The minimum atomic E-state index is -3.90. The van der Waals surface area contributed by atoms with E-state index in [0.29, 0.717) is 23.9 Å². The highest BCUT2D eigenvalue weighted by atomic mass is 35.5. The van der Waals surface area contributed by atoms with Crippen LogP contribution in [0.3, 0.4) is 0 Å². The molecule has 0 aliphatic carbocycles. The summed E-state index contributed by atoms with van der Waals surface area (Å²) >= 11 is 7.68. The molecule has 1 fully saturated rings. The van der Waals surface area contributed by atoms with E-state index >= 15 is 0 Å². The van der Waals surface area contributed by atoms with Crippen molar-refractivity contribution >= 4 is 38.9 Å². The molecular weight excluding hydrogens is 544 g/mol. The fraction of sp³-hybridized carbons (Fsp3) is 0.393. The number of sulfonamides is 1. The van der Waals surface area contributed by atoms with Crippen LogP contribution in [0.4, 0.5) is 0 Å². The summed E-state index contributed by atoms with van der Waals surface area (Å²) in [6.45, 7) is 3.16. The van der Waals surface area contributed by atoms with Gasteiger partial charge in [-0.15, -0.1) is 11.3 Å². The molecule has 202 valence electrons. The number of carbonyl (C=O) groups is 1. The lowest BCUT2D eigenvalue weighted by Crippen LogP contribution is -2.49. The monoisotopic (exact) mass is 574 g/mol. The third-order valence-corrected chi connectivity index (χ3v) is 10.1. The molecule has 3 heterocycles. The molecule has 5 rings (SSSR count). The number of ether oxygens (including phenoxy) is 2. The van der Waals surface area contributed by atoms with E-state index in [9.17, 15) is 13.2 Å². The Labute approximate surface area is 233 Å². The Hall–Kier alpha value is -2.43. The lowest BCUT2D eigenvalue weighted by molar-refractivity contribution is -0.135. The Balaban J connectivity index is 1.38. The van der Waals surface area contributed by atoms with Crippen molar-refractivity contribution < 1.29 is 22.7 Å². The first-order valence-electron chi connectivity index (χ1n) is 12.7. The van der Waals surface area contributed by atoms with Crippen molar-refractivity contribution in [1.82, 2.24) is 9.21 Å². The summed E-state index contributed by atoms with van der Waals surface area (Å²) in [5.74, 6) is 0.409. The number of benzene rings is 2. The largest absolute Gasteiger partial charge is 0.491 e. The van der Waals surface area contributed by atoms with Crippen molar-refractivity contribution in [2.45, 2.75) is 43.2 Å². The van der Waals surface area contributed by atoms with Crippen molar-refractivity contribution in [3.8, 4) is 5.75 Å². The average molecular weight is 575 g/mol. The lowest BCUT2D eigenvalue weighted by atomic mass is 10.0. The van der Waals surface area contributed by atoms with E-state index in [1.165, 1.54) is 9.18 Å². The normalized spacial score (nSPS) is 19.5. The van der Waals surface area contributed by atoms with E-state index in [1.54, 1.807) is 64.8 Å². The topological polar surface area (TPSA) is 76.2 Å². The molecule has 0 N–H and O–H groups in total. The Morgan fingerprint density at radius 2 is 1.92 bits per heavy atom. The quantitative estimate of drug-likeness (QED) is 0.356. The minimum absolute atomic E-state index is 0.144. The first-order chi connectivity index (χ1) is 18.3. The van der Waals surface area contributed by atoms with Crippen LogP contribution in [0.5, 0.6) is 5.75 Å². The number of halogens is 1. The van der Waals surface area contributed by atoms with Crippen molar-refractivity contribution in [2.24, 2.45) is 0 Å². The zero-order valence-electron chi connectivity index (χ0n) is 21.2. The minimum Gasteiger partial charge on any atom is -0.491 e. The molecular formula is C28H31ClN2O5S2. The van der Waals surface area contributed by atoms with Crippen LogP contribution < -0.4 is 4.74 Å². The number of hydrogen-bond acceptors (Lipinski definition) is 6. The van der Waals surface area contributed by atoms with Crippen LogP contribution in [0, 0.1) is 6.92 Å². The number of carbonyl (C=O) groups excluding carboxylic acids is 1. The number of amides is 1. The number of hydrogen-bond donors (Lipinski definition) is 0. The smallest absolute Gasteiger partial charge is 0.243 e. The summed E-state index contributed by atoms with van der Waals surface area (Å²) in [6, 6.07) is 15.6. The standard InChI is InChI=1S/C28H31ClN2O5S2/c1-20-4-10-24(11-5-20)38(33,34)30(17-23-3-2-15-35-23)18-28(32)31-14-12-27-25(13-16-37-27)26(31)19-36-22-8-6-21(29)7-9-22/h4-11,13,16,23,26H,2-3,12,14-15,17-19H2,1H3. The van der Waals surface area contributed by atoms with Gasteiger partial charge in [0.25, 0.3) is 0 Å². The van der Waals surface area contributed by atoms with Crippen LogP contribution in [-0.4, -0.2) is 62.5 Å². The van der Waals surface area contributed by atoms with E-state index in [2.05, 4.69) is 0 Å². The Morgan fingerprint density at radius 1 is 1.16 bits per heavy atom. The summed E-state index contributed by atoms with van der Waals surface area (Å²) in [4.78, 5) is 17.0. The molecule has 3 aromatic rings. The van der Waals surface area contributed by atoms with Gasteiger partial charge in [-0.05, 0) is 79.6 Å². The Bertz CT molecular complexity index is 1350. The second kappa shape index (κ2) is 11.8. The van der Waals surface area contributed by atoms with Gasteiger partial charge in [0.05, 0.1) is 23.6 Å². The van der Waals surface area contributed by atoms with Crippen LogP contribution in [0.2, 0.25) is 5.02 Å². The number of thiophene rings is 1. The summed E-state index contributed by atoms with van der Waals surface area (Å²) in [5, 5.41) is 2.65. The van der Waals surface area contributed by atoms with Gasteiger partial charge in [0, 0.05) is 29.6 Å². The molecule has 2 atom stereocenters. The van der Waals surface area contributed by atoms with Gasteiger partial charge in [0.15, 0.2) is 0 Å². The molecule has 10 heteroatoms. The molecule has 2 aromatic carbocycles. The first-order valence-corrected chi connectivity index (χ1v) is 15.4. The molecule has 0 saturated carbocycles. The van der Waals surface area contributed by atoms with Gasteiger partial charge in [-0.25, -0.2) is 8.42 Å². The van der Waals surface area contributed by atoms with Crippen LogP contribution in [0.15, 0.2) is 64.9 Å². The second-order valence-electron chi connectivity index (χ2n) is 9.66. The fourth-order valence-corrected chi connectivity index (χ4v) is 7.42. The van der Waals surface area contributed by atoms with Crippen LogP contribution in [0.1, 0.15) is 34.9 Å². The summed E-state index contributed by atoms with van der Waals surface area (Å²) in [6.07, 6.45) is 2.16. The highest BCUT2D eigenvalue weighted by Crippen LogP contribution is 2.34. The molecule has 1 saturated heterocycles. The van der Waals surface area contributed by atoms with E-state index in [4.69, 9.17) is 21.1 Å². The predicted octanol–water partition coefficient (Wildman–Crippen LogP) is 5.08. The number of nitrogens with zero attached hydrogens (tertiary/aromatic N) is 2. The highest BCUT2D eigenvalue weighted by molar-refractivity contribution is 7.89. The Kier molecular flexibility index (Phi) is 8.40. The Morgan fingerprint density at radius 3 is 2.63 bits per heavy atom. The molecule has 0 radical (unpaired) electrons. The zero-order valence-corrected chi connectivity index (χ0v) is 23.6. The van der Waals surface area contributed by atoms with E-state index < -0.39 is 10.0 Å². The fourth-order valence-electron chi connectivity index (χ4n) is 4.94. The van der Waals surface area contributed by atoms with Crippen LogP contribution in [-0.2, 0) is 26.0 Å². The van der Waals surface area contributed by atoms with Crippen molar-refractivity contribution in [2.75, 3.05) is 32.8 Å². The van der Waals surface area contributed by atoms with Crippen LogP contribution >= 0.6 is 22.9 Å². The lowest BCUT2D eigenvalue weighted by Gasteiger charge is -2.37. The highest BCUT2D eigenvalue weighted by Gasteiger charge is 2.36. The molecule has 2 unspecified atom stereocenters. The summed E-state index contributed by atoms with van der Waals surface area (Å²) in [7, 11) is -3.90. The van der Waals surface area contributed by atoms with Crippen molar-refractivity contribution in [1.29, 1.82) is 0 Å². The molecule has 0 spiro atoms. The third-order valence-electron chi connectivity index (χ3n) is 7.04.